The number of hydrogen-bond acceptors (Lipinski definition) is 4. The monoisotopic (exact) mass is 348 g/mol. The minimum absolute atomic E-state index is 0.0115. The van der Waals surface area contributed by atoms with Crippen molar-refractivity contribution in [1.29, 1.82) is 0 Å². The molecule has 0 radical (unpaired) electrons. The summed E-state index contributed by atoms with van der Waals surface area (Å²) in [4.78, 5) is 12.0. The quantitative estimate of drug-likeness (QED) is 0.866. The number of hydrogen-bond donors (Lipinski definition) is 2. The van der Waals surface area contributed by atoms with Crippen LogP contribution in [0.2, 0.25) is 0 Å². The maximum atomic E-state index is 12.0. The second kappa shape index (κ2) is 7.02. The van der Waals surface area contributed by atoms with Gasteiger partial charge >= 0.3 is 0 Å². The highest BCUT2D eigenvalue weighted by Crippen LogP contribution is 2.23. The average molecular weight is 348 g/mol. The molecular weight excluding hydrogens is 328 g/mol. The molecule has 0 bridgehead atoms. The van der Waals surface area contributed by atoms with Crippen LogP contribution in [0, 0.1) is 20.8 Å². The second-order valence-electron chi connectivity index (χ2n) is 5.61. The Labute approximate surface area is 141 Å². The first-order chi connectivity index (χ1) is 11.2. The fraction of sp³-hybridized carbons (Fsp3) is 0.235. The molecule has 0 aromatic heterocycles. The van der Waals surface area contributed by atoms with Gasteiger partial charge in [0.05, 0.1) is 4.90 Å². The number of benzene rings is 2. The summed E-state index contributed by atoms with van der Waals surface area (Å²) in [6, 6.07) is 9.55. The molecule has 1 amide bonds. The minimum Gasteiger partial charge on any atom is -0.483 e. The van der Waals surface area contributed by atoms with Crippen LogP contribution in [0.1, 0.15) is 16.7 Å². The Kier molecular flexibility index (Phi) is 5.26. The Hall–Kier alpha value is -2.38. The van der Waals surface area contributed by atoms with E-state index in [4.69, 9.17) is 9.88 Å². The van der Waals surface area contributed by atoms with Crippen LogP contribution in [-0.2, 0) is 14.8 Å². The number of primary sulfonamides is 1. The summed E-state index contributed by atoms with van der Waals surface area (Å²) in [5.74, 6) is 0.337. The molecule has 0 aliphatic heterocycles. The minimum atomic E-state index is -3.74. The SMILES string of the molecule is Cc1cc(C)c(C)c(OCC(=O)Nc2ccc(S(N)(=O)=O)cc2)c1. The van der Waals surface area contributed by atoms with Gasteiger partial charge in [0.15, 0.2) is 6.61 Å². The smallest absolute Gasteiger partial charge is 0.262 e. The van der Waals surface area contributed by atoms with Crippen LogP contribution in [0.5, 0.6) is 5.75 Å². The van der Waals surface area contributed by atoms with E-state index in [9.17, 15) is 13.2 Å². The normalized spacial score (nSPS) is 11.2. The van der Waals surface area contributed by atoms with E-state index in [0.717, 1.165) is 16.7 Å². The summed E-state index contributed by atoms with van der Waals surface area (Å²) in [6.45, 7) is 5.75. The van der Waals surface area contributed by atoms with Gasteiger partial charge in [-0.3, -0.25) is 4.79 Å². The molecule has 2 rings (SSSR count). The number of nitrogens with one attached hydrogen (secondary N) is 1. The van der Waals surface area contributed by atoms with E-state index in [1.165, 1.54) is 24.3 Å². The van der Waals surface area contributed by atoms with Crippen LogP contribution in [0.4, 0.5) is 5.69 Å². The maximum Gasteiger partial charge on any atom is 0.262 e. The van der Waals surface area contributed by atoms with E-state index in [-0.39, 0.29) is 17.4 Å². The third kappa shape index (κ3) is 4.56. The standard InChI is InChI=1S/C17H20N2O4S/c1-11-8-12(2)13(3)16(9-11)23-10-17(20)19-14-4-6-15(7-5-14)24(18,21)22/h4-9H,10H2,1-3H3,(H,19,20)(H2,18,21,22). The fourth-order valence-corrected chi connectivity index (χ4v) is 2.73. The number of anilines is 1. The Balaban J connectivity index is 1.99. The van der Waals surface area contributed by atoms with Gasteiger partial charge in [0, 0.05) is 5.69 Å². The Morgan fingerprint density at radius 3 is 2.33 bits per heavy atom. The van der Waals surface area contributed by atoms with Crippen LogP contribution in [-0.4, -0.2) is 20.9 Å². The molecule has 0 saturated heterocycles. The lowest BCUT2D eigenvalue weighted by molar-refractivity contribution is -0.118. The summed E-state index contributed by atoms with van der Waals surface area (Å²) < 4.78 is 27.9. The lowest BCUT2D eigenvalue weighted by atomic mass is 10.1. The van der Waals surface area contributed by atoms with Gasteiger partial charge in [0.1, 0.15) is 5.75 Å². The Bertz CT molecular complexity index is 859. The molecule has 7 heteroatoms. The number of carbonyl (C=O) groups is 1. The van der Waals surface area contributed by atoms with E-state index >= 15 is 0 Å². The van der Waals surface area contributed by atoms with Gasteiger partial charge in [-0.15, -0.1) is 0 Å². The summed E-state index contributed by atoms with van der Waals surface area (Å²) >= 11 is 0. The first-order valence-corrected chi connectivity index (χ1v) is 8.85. The third-order valence-corrected chi connectivity index (χ3v) is 4.52. The van der Waals surface area contributed by atoms with Crippen LogP contribution in [0.3, 0.4) is 0 Å². The van der Waals surface area contributed by atoms with E-state index in [2.05, 4.69) is 11.4 Å². The van der Waals surface area contributed by atoms with Crippen molar-refractivity contribution in [3.05, 3.63) is 53.1 Å². The second-order valence-corrected chi connectivity index (χ2v) is 7.17. The number of nitrogens with two attached hydrogens (primary N) is 1. The van der Waals surface area contributed by atoms with Crippen molar-refractivity contribution in [3.8, 4) is 5.75 Å². The molecule has 0 saturated carbocycles. The number of ether oxygens (including phenoxy) is 1. The number of aryl methyl sites for hydroxylation is 2. The first-order valence-electron chi connectivity index (χ1n) is 7.30. The molecule has 0 atom stereocenters. The van der Waals surface area contributed by atoms with Gasteiger partial charge in [-0.25, -0.2) is 13.6 Å². The summed E-state index contributed by atoms with van der Waals surface area (Å²) in [6.07, 6.45) is 0. The van der Waals surface area contributed by atoms with Crippen molar-refractivity contribution in [2.75, 3.05) is 11.9 Å². The highest BCUT2D eigenvalue weighted by molar-refractivity contribution is 7.89. The predicted molar refractivity (Wildman–Crippen MR) is 92.6 cm³/mol. The number of sulfonamides is 1. The number of rotatable bonds is 5. The van der Waals surface area contributed by atoms with Crippen LogP contribution in [0.25, 0.3) is 0 Å². The molecule has 2 aromatic carbocycles. The lowest BCUT2D eigenvalue weighted by Gasteiger charge is -2.12. The number of carbonyl (C=O) groups excluding carboxylic acids is 1. The number of amides is 1. The zero-order chi connectivity index (χ0) is 17.9. The molecule has 0 aliphatic rings. The molecule has 0 fully saturated rings. The van der Waals surface area contributed by atoms with Gasteiger partial charge in [-0.1, -0.05) is 6.07 Å². The van der Waals surface area contributed by atoms with Crippen LogP contribution >= 0.6 is 0 Å². The van der Waals surface area contributed by atoms with Crippen molar-refractivity contribution < 1.29 is 17.9 Å². The third-order valence-electron chi connectivity index (χ3n) is 3.59. The molecule has 6 nitrogen and oxygen atoms in total. The Morgan fingerprint density at radius 2 is 1.75 bits per heavy atom. The molecule has 128 valence electrons. The first kappa shape index (κ1) is 18.0. The van der Waals surface area contributed by atoms with Gasteiger partial charge in [-0.2, -0.15) is 0 Å². The maximum absolute atomic E-state index is 12.0. The van der Waals surface area contributed by atoms with Crippen molar-refractivity contribution in [2.24, 2.45) is 5.14 Å². The van der Waals surface area contributed by atoms with E-state index in [0.29, 0.717) is 11.4 Å². The summed E-state index contributed by atoms with van der Waals surface area (Å²) in [5.41, 5.74) is 3.62. The highest BCUT2D eigenvalue weighted by Gasteiger charge is 2.10. The van der Waals surface area contributed by atoms with Crippen LogP contribution < -0.4 is 15.2 Å². The topological polar surface area (TPSA) is 98.5 Å². The molecule has 3 N–H and O–H groups in total. The highest BCUT2D eigenvalue weighted by atomic mass is 32.2. The molecular formula is C17H20N2O4S. The van der Waals surface area contributed by atoms with Gasteiger partial charge in [0.2, 0.25) is 10.0 Å². The molecule has 24 heavy (non-hydrogen) atoms. The van der Waals surface area contributed by atoms with Gasteiger partial charge in [0.25, 0.3) is 5.91 Å². The lowest BCUT2D eigenvalue weighted by Crippen LogP contribution is -2.20. The van der Waals surface area contributed by atoms with Crippen LogP contribution in [0.15, 0.2) is 41.3 Å². The fourth-order valence-electron chi connectivity index (χ4n) is 2.22. The zero-order valence-corrected chi connectivity index (χ0v) is 14.6. The van der Waals surface area contributed by atoms with Crippen molar-refractivity contribution in [2.45, 2.75) is 25.7 Å². The van der Waals surface area contributed by atoms with E-state index in [1.54, 1.807) is 0 Å². The summed E-state index contributed by atoms with van der Waals surface area (Å²) in [5, 5.41) is 7.66. The van der Waals surface area contributed by atoms with E-state index < -0.39 is 10.0 Å². The van der Waals surface area contributed by atoms with Crippen molar-refractivity contribution in [3.63, 3.8) is 0 Å². The van der Waals surface area contributed by atoms with Gasteiger partial charge < -0.3 is 10.1 Å². The van der Waals surface area contributed by atoms with E-state index in [1.807, 2.05) is 26.8 Å². The predicted octanol–water partition coefficient (Wildman–Crippen LogP) is 2.28. The molecule has 0 spiro atoms. The summed E-state index contributed by atoms with van der Waals surface area (Å²) in [7, 11) is -3.74. The molecule has 0 aliphatic carbocycles. The molecule has 2 aromatic rings. The average Bonchev–Trinajstić information content (AvgIpc) is 2.49. The molecule has 0 unspecified atom stereocenters. The zero-order valence-electron chi connectivity index (χ0n) is 13.8. The van der Waals surface area contributed by atoms with Crippen molar-refractivity contribution in [1.82, 2.24) is 0 Å². The van der Waals surface area contributed by atoms with Gasteiger partial charge in [-0.05, 0) is 67.8 Å². The molecule has 0 heterocycles. The van der Waals surface area contributed by atoms with Crippen molar-refractivity contribution >= 4 is 21.6 Å². The Morgan fingerprint density at radius 1 is 1.12 bits per heavy atom. The largest absolute Gasteiger partial charge is 0.483 e.